The predicted octanol–water partition coefficient (Wildman–Crippen LogP) is 3.70. The molecule has 122 valence electrons. The van der Waals surface area contributed by atoms with Gasteiger partial charge in [-0.25, -0.2) is 0 Å². The summed E-state index contributed by atoms with van der Waals surface area (Å²) in [7, 11) is 0. The van der Waals surface area contributed by atoms with Gasteiger partial charge >= 0.3 is 0 Å². The summed E-state index contributed by atoms with van der Waals surface area (Å²) in [6.45, 7) is 1.86. The molecule has 0 spiro atoms. The van der Waals surface area contributed by atoms with Crippen molar-refractivity contribution >= 4 is 39.8 Å². The molecule has 6 heteroatoms. The number of thiophene rings is 1. The summed E-state index contributed by atoms with van der Waals surface area (Å²) in [6.07, 6.45) is 1.63. The molecule has 0 unspecified atom stereocenters. The lowest BCUT2D eigenvalue weighted by Gasteiger charge is -2.04. The highest BCUT2D eigenvalue weighted by atomic mass is 35.5. The molecule has 3 N–H and O–H groups in total. The van der Waals surface area contributed by atoms with Gasteiger partial charge in [0.2, 0.25) is 5.91 Å². The van der Waals surface area contributed by atoms with Crippen molar-refractivity contribution in [2.45, 2.75) is 26.2 Å². The summed E-state index contributed by atoms with van der Waals surface area (Å²) >= 11 is 7.00. The topological polar surface area (TPSA) is 72.2 Å². The quantitative estimate of drug-likeness (QED) is 0.747. The number of benzene rings is 1. The predicted molar refractivity (Wildman–Crippen MR) is 95.4 cm³/mol. The summed E-state index contributed by atoms with van der Waals surface area (Å²) < 4.78 is 0. The highest BCUT2D eigenvalue weighted by Crippen LogP contribution is 2.34. The molecular formula is C17H19ClN2O2S. The van der Waals surface area contributed by atoms with Crippen molar-refractivity contribution < 1.29 is 9.59 Å². The van der Waals surface area contributed by atoms with Gasteiger partial charge in [0, 0.05) is 23.6 Å². The van der Waals surface area contributed by atoms with E-state index in [1.165, 1.54) is 11.3 Å². The Morgan fingerprint density at radius 2 is 1.96 bits per heavy atom. The van der Waals surface area contributed by atoms with Crippen LogP contribution in [0.4, 0.5) is 5.00 Å². The second-order valence-electron chi connectivity index (χ2n) is 5.22. The highest BCUT2D eigenvalue weighted by molar-refractivity contribution is 7.17. The van der Waals surface area contributed by atoms with E-state index >= 15 is 0 Å². The van der Waals surface area contributed by atoms with Crippen LogP contribution >= 0.6 is 22.9 Å². The van der Waals surface area contributed by atoms with Gasteiger partial charge in [0.25, 0.3) is 5.91 Å². The number of nitrogens with two attached hydrogens (primary N) is 1. The molecule has 0 aliphatic rings. The average Bonchev–Trinajstić information content (AvgIpc) is 2.82. The molecule has 1 aromatic carbocycles. The fourth-order valence-corrected chi connectivity index (χ4v) is 3.71. The molecule has 2 aromatic rings. The smallest absolute Gasteiger partial charge is 0.251 e. The van der Waals surface area contributed by atoms with Gasteiger partial charge in [0.05, 0.1) is 5.56 Å². The number of carbonyl (C=O) groups excluding carboxylic acids is 2. The lowest BCUT2D eigenvalue weighted by atomic mass is 10.1. The molecule has 0 fully saturated rings. The van der Waals surface area contributed by atoms with E-state index in [1.807, 2.05) is 37.3 Å². The van der Waals surface area contributed by atoms with Gasteiger partial charge in [0.15, 0.2) is 0 Å². The van der Waals surface area contributed by atoms with Gasteiger partial charge in [0.1, 0.15) is 5.00 Å². The number of amides is 2. The third kappa shape index (κ3) is 4.56. The minimum atomic E-state index is -0.522. The van der Waals surface area contributed by atoms with Crippen LogP contribution in [-0.2, 0) is 11.2 Å². The number of halogens is 1. The van der Waals surface area contributed by atoms with E-state index in [1.54, 1.807) is 0 Å². The maximum atomic E-state index is 11.9. The third-order valence-corrected chi connectivity index (χ3v) is 4.96. The fourth-order valence-electron chi connectivity index (χ4n) is 2.31. The van der Waals surface area contributed by atoms with E-state index in [4.69, 9.17) is 17.3 Å². The van der Waals surface area contributed by atoms with Crippen molar-refractivity contribution in [1.82, 2.24) is 0 Å². The molecule has 0 radical (unpaired) electrons. The monoisotopic (exact) mass is 350 g/mol. The third-order valence-electron chi connectivity index (χ3n) is 3.49. The Hall–Kier alpha value is -1.85. The Morgan fingerprint density at radius 3 is 2.57 bits per heavy atom. The van der Waals surface area contributed by atoms with Crippen molar-refractivity contribution in [3.8, 4) is 0 Å². The Balaban J connectivity index is 2.26. The van der Waals surface area contributed by atoms with Gasteiger partial charge in [-0.05, 0) is 24.5 Å². The first kappa shape index (κ1) is 17.5. The van der Waals surface area contributed by atoms with Crippen molar-refractivity contribution in [2.75, 3.05) is 11.2 Å². The molecule has 0 saturated carbocycles. The molecule has 2 rings (SSSR count). The zero-order valence-electron chi connectivity index (χ0n) is 12.9. The van der Waals surface area contributed by atoms with Crippen LogP contribution in [0.25, 0.3) is 0 Å². The number of hydrogen-bond acceptors (Lipinski definition) is 3. The standard InChI is InChI=1S/C17H19ClN2O2S/c1-11-13(10-12-6-3-2-4-7-12)23-17(15(11)16(19)22)20-14(21)8-5-9-18/h2-4,6-7H,5,8-10H2,1H3,(H2,19,22)(H,20,21). The maximum absolute atomic E-state index is 11.9. The SMILES string of the molecule is Cc1c(Cc2ccccc2)sc(NC(=O)CCCCl)c1C(N)=O. The van der Waals surface area contributed by atoms with Gasteiger partial charge < -0.3 is 11.1 Å². The van der Waals surface area contributed by atoms with E-state index in [9.17, 15) is 9.59 Å². The van der Waals surface area contributed by atoms with Crippen LogP contribution in [0.3, 0.4) is 0 Å². The van der Waals surface area contributed by atoms with E-state index in [0.29, 0.717) is 35.7 Å². The van der Waals surface area contributed by atoms with Gasteiger partial charge in [-0.2, -0.15) is 0 Å². The van der Waals surface area contributed by atoms with Crippen LogP contribution < -0.4 is 11.1 Å². The molecule has 0 bridgehead atoms. The zero-order chi connectivity index (χ0) is 16.8. The lowest BCUT2D eigenvalue weighted by Crippen LogP contribution is -2.17. The summed E-state index contributed by atoms with van der Waals surface area (Å²) in [4.78, 5) is 24.7. The van der Waals surface area contributed by atoms with Crippen LogP contribution in [0.2, 0.25) is 0 Å². The number of hydrogen-bond donors (Lipinski definition) is 2. The minimum absolute atomic E-state index is 0.152. The fraction of sp³-hybridized carbons (Fsp3) is 0.294. The number of anilines is 1. The minimum Gasteiger partial charge on any atom is -0.365 e. The van der Waals surface area contributed by atoms with Crippen LogP contribution in [0.15, 0.2) is 30.3 Å². The number of nitrogens with one attached hydrogen (secondary N) is 1. The Bertz CT molecular complexity index is 698. The molecule has 1 heterocycles. The zero-order valence-corrected chi connectivity index (χ0v) is 14.5. The number of carbonyl (C=O) groups is 2. The molecule has 1 aromatic heterocycles. The van der Waals surface area contributed by atoms with Crippen LogP contribution in [0.1, 0.15) is 39.2 Å². The normalized spacial score (nSPS) is 10.5. The molecule has 4 nitrogen and oxygen atoms in total. The Labute approximate surface area is 144 Å². The van der Waals surface area contributed by atoms with Crippen LogP contribution in [-0.4, -0.2) is 17.7 Å². The van der Waals surface area contributed by atoms with Crippen LogP contribution in [0.5, 0.6) is 0 Å². The maximum Gasteiger partial charge on any atom is 0.251 e. The first-order valence-corrected chi connectivity index (χ1v) is 8.69. The Morgan fingerprint density at radius 1 is 1.26 bits per heavy atom. The van der Waals surface area contributed by atoms with Crippen molar-refractivity contribution in [2.24, 2.45) is 5.73 Å². The molecule has 2 amide bonds. The summed E-state index contributed by atoms with van der Waals surface area (Å²) in [6, 6.07) is 9.97. The van der Waals surface area contributed by atoms with E-state index in [0.717, 1.165) is 16.0 Å². The highest BCUT2D eigenvalue weighted by Gasteiger charge is 2.20. The van der Waals surface area contributed by atoms with E-state index in [-0.39, 0.29) is 5.91 Å². The average molecular weight is 351 g/mol. The molecule has 23 heavy (non-hydrogen) atoms. The first-order chi connectivity index (χ1) is 11.0. The molecule has 0 aliphatic heterocycles. The van der Waals surface area contributed by atoms with E-state index < -0.39 is 5.91 Å². The molecule has 0 atom stereocenters. The molecule has 0 saturated heterocycles. The molecule has 0 aliphatic carbocycles. The van der Waals surface area contributed by atoms with Crippen molar-refractivity contribution in [3.05, 3.63) is 51.9 Å². The van der Waals surface area contributed by atoms with Gasteiger partial charge in [-0.15, -0.1) is 22.9 Å². The van der Waals surface area contributed by atoms with Crippen molar-refractivity contribution in [3.63, 3.8) is 0 Å². The van der Waals surface area contributed by atoms with Gasteiger partial charge in [-0.3, -0.25) is 9.59 Å². The summed E-state index contributed by atoms with van der Waals surface area (Å²) in [5.74, 6) is -0.245. The second kappa shape index (κ2) is 8.13. The van der Waals surface area contributed by atoms with Gasteiger partial charge in [-0.1, -0.05) is 30.3 Å². The largest absolute Gasteiger partial charge is 0.365 e. The van der Waals surface area contributed by atoms with E-state index in [2.05, 4.69) is 5.32 Å². The van der Waals surface area contributed by atoms with Crippen LogP contribution in [0, 0.1) is 6.92 Å². The lowest BCUT2D eigenvalue weighted by molar-refractivity contribution is -0.116. The second-order valence-corrected chi connectivity index (χ2v) is 6.70. The first-order valence-electron chi connectivity index (χ1n) is 7.34. The van der Waals surface area contributed by atoms with Crippen molar-refractivity contribution in [1.29, 1.82) is 0 Å². The number of rotatable bonds is 7. The molecular weight excluding hydrogens is 332 g/mol. The summed E-state index contributed by atoms with van der Waals surface area (Å²) in [5, 5.41) is 3.32. The number of primary amides is 1. The summed E-state index contributed by atoms with van der Waals surface area (Å²) in [5.41, 5.74) is 7.87. The number of alkyl halides is 1. The Kier molecular flexibility index (Phi) is 6.19.